The van der Waals surface area contributed by atoms with Gasteiger partial charge in [-0.2, -0.15) is 13.2 Å². The third-order valence-corrected chi connectivity index (χ3v) is 14.6. The zero-order valence-electron chi connectivity index (χ0n) is 39.5. The van der Waals surface area contributed by atoms with Crippen LogP contribution in [-0.4, -0.2) is 97.6 Å². The van der Waals surface area contributed by atoms with Gasteiger partial charge in [-0.1, -0.05) is 32.4 Å². The molecular weight excluding hydrogens is 929 g/mol. The van der Waals surface area contributed by atoms with Crippen molar-refractivity contribution in [3.63, 3.8) is 0 Å². The Labute approximate surface area is 399 Å². The van der Waals surface area contributed by atoms with Crippen LogP contribution in [0.5, 0.6) is 17.4 Å². The first-order valence-electron chi connectivity index (χ1n) is 23.3. The number of nitrogens with two attached hydrogens (primary N) is 1. The number of hydrogen-bond acceptors (Lipinski definition) is 12. The molecule has 21 heteroatoms. The van der Waals surface area contributed by atoms with Crippen molar-refractivity contribution < 1.29 is 64.1 Å². The van der Waals surface area contributed by atoms with E-state index in [4.69, 9.17) is 24.9 Å². The van der Waals surface area contributed by atoms with E-state index in [1.807, 2.05) is 19.1 Å². The second-order valence-electron chi connectivity index (χ2n) is 18.7. The lowest BCUT2D eigenvalue weighted by Crippen LogP contribution is -2.58. The molecule has 16 nitrogen and oxygen atoms in total. The quantitative estimate of drug-likeness (QED) is 0.0472. The molecule has 4 amide bonds. The zero-order chi connectivity index (χ0) is 50.4. The Bertz CT molecular complexity index is 2490. The number of carbonyl (C=O) groups is 4. The number of fused-ring (bicyclic) bond motifs is 1. The van der Waals surface area contributed by atoms with E-state index in [0.29, 0.717) is 73.2 Å². The number of pyridine rings is 1. The van der Waals surface area contributed by atoms with E-state index in [0.717, 1.165) is 12.8 Å². The van der Waals surface area contributed by atoms with Crippen LogP contribution in [0.3, 0.4) is 0 Å². The van der Waals surface area contributed by atoms with E-state index in [1.54, 1.807) is 51.1 Å². The number of carbonyl (C=O) groups excluding carboxylic acids is 4. The van der Waals surface area contributed by atoms with Crippen molar-refractivity contribution in [3.05, 3.63) is 60.4 Å². The molecule has 2 heterocycles. The highest BCUT2D eigenvalue weighted by molar-refractivity contribution is 7.90. The van der Waals surface area contributed by atoms with E-state index in [9.17, 15) is 40.8 Å². The van der Waals surface area contributed by atoms with Gasteiger partial charge in [0.2, 0.25) is 33.6 Å². The van der Waals surface area contributed by atoms with E-state index in [-0.39, 0.29) is 42.5 Å². The molecule has 1 aromatic heterocycles. The van der Waals surface area contributed by atoms with Crippen molar-refractivity contribution in [2.45, 2.75) is 134 Å². The first-order valence-corrected chi connectivity index (χ1v) is 24.8. The summed E-state index contributed by atoms with van der Waals surface area (Å²) in [5, 5.41) is 0.663. The summed E-state index contributed by atoms with van der Waals surface area (Å²) >= 11 is 0. The number of nitrogens with zero attached hydrogens (tertiary/aromatic N) is 2. The summed E-state index contributed by atoms with van der Waals surface area (Å²) in [5.41, 5.74) is 11.3. The summed E-state index contributed by atoms with van der Waals surface area (Å²) in [7, 11) is -2.15. The van der Waals surface area contributed by atoms with Gasteiger partial charge in [-0.15, -0.1) is 0 Å². The standard InChI is InChI=1S/C48H62F4N6O10S/c1-26(2)66-41-19-14-31(22-38(41)49)39-23-32-21-33(65-6)15-18-37(32)45(54-39)68-34-24-40(43(53)59)58(25-34)46(61)42(55-56-47(62)67-29(5)48(50,51)52)28(4)20-27(3)10-7-8-11-30-12-9-13-36(30)44(60)57-69(63,64)35-16-17-35/h8,11,14-15,18-19,21-23,26-30,34-36,40,42,55H,7,9-10,12-13,16-17,20,24-25H2,1-6H3,(H2,53,59)(H,56,62)(H,57,60)/b11-8-/t27-,28-,29-,30-,34-,36?,40+,42+/m1/s1. The molecule has 2 aliphatic carbocycles. The van der Waals surface area contributed by atoms with Crippen LogP contribution in [0.15, 0.2) is 54.6 Å². The van der Waals surface area contributed by atoms with Crippen molar-refractivity contribution in [3.8, 4) is 28.6 Å². The first kappa shape index (κ1) is 52.7. The molecule has 1 aliphatic heterocycles. The summed E-state index contributed by atoms with van der Waals surface area (Å²) < 4.78 is 104. The van der Waals surface area contributed by atoms with E-state index >= 15 is 4.39 Å². The number of amides is 4. The molecule has 0 radical (unpaired) electrons. The van der Waals surface area contributed by atoms with Crippen LogP contribution in [0, 0.1) is 29.5 Å². The van der Waals surface area contributed by atoms with Crippen LogP contribution in [-0.2, 0) is 29.1 Å². The van der Waals surface area contributed by atoms with Crippen molar-refractivity contribution in [1.82, 2.24) is 25.5 Å². The number of nitrogens with one attached hydrogen (secondary N) is 3. The number of alkyl halides is 3. The molecule has 0 bridgehead atoms. The minimum absolute atomic E-state index is 0.0513. The van der Waals surface area contributed by atoms with Gasteiger partial charge in [-0.05, 0) is 131 Å². The number of hydrogen-bond donors (Lipinski definition) is 4. The summed E-state index contributed by atoms with van der Waals surface area (Å²) in [6.45, 7) is 7.70. The lowest BCUT2D eigenvalue weighted by Gasteiger charge is -2.32. The lowest BCUT2D eigenvalue weighted by molar-refractivity contribution is -0.197. The molecule has 6 rings (SSSR count). The Hall–Kier alpha value is -5.70. The Kier molecular flexibility index (Phi) is 17.1. The molecule has 3 fully saturated rings. The number of sulfonamides is 1. The van der Waals surface area contributed by atoms with Gasteiger partial charge in [0.1, 0.15) is 23.9 Å². The maximum atomic E-state index is 15.2. The summed E-state index contributed by atoms with van der Waals surface area (Å²) in [4.78, 5) is 59.1. The Morgan fingerprint density at radius 3 is 2.39 bits per heavy atom. The molecule has 3 aliphatic rings. The maximum absolute atomic E-state index is 15.2. The number of primary amides is 1. The number of methoxy groups -OCH3 is 1. The molecule has 2 aromatic carbocycles. The average Bonchev–Trinajstić information content (AvgIpc) is 3.90. The normalized spacial score (nSPS) is 21.5. The van der Waals surface area contributed by atoms with Gasteiger partial charge in [0.15, 0.2) is 17.7 Å². The second kappa shape index (κ2) is 22.4. The summed E-state index contributed by atoms with van der Waals surface area (Å²) in [6, 6.07) is 8.85. The highest BCUT2D eigenvalue weighted by Gasteiger charge is 2.45. The van der Waals surface area contributed by atoms with E-state index in [2.05, 4.69) is 20.3 Å². The Morgan fingerprint density at radius 1 is 1.00 bits per heavy atom. The Balaban J connectivity index is 1.18. The number of allylic oxidation sites excluding steroid dienone is 2. The van der Waals surface area contributed by atoms with Gasteiger partial charge < -0.3 is 29.6 Å². The molecule has 8 atom stereocenters. The second-order valence-corrected chi connectivity index (χ2v) is 20.6. The number of aromatic nitrogens is 1. The smallest absolute Gasteiger partial charge is 0.425 e. The monoisotopic (exact) mass is 990 g/mol. The fourth-order valence-electron chi connectivity index (χ4n) is 8.91. The molecule has 0 spiro atoms. The van der Waals surface area contributed by atoms with Crippen LogP contribution in [0.4, 0.5) is 22.4 Å². The van der Waals surface area contributed by atoms with Crippen LogP contribution in [0.1, 0.15) is 92.4 Å². The van der Waals surface area contributed by atoms with Gasteiger partial charge in [-0.25, -0.2) is 28.0 Å². The van der Waals surface area contributed by atoms with Gasteiger partial charge in [0.05, 0.1) is 30.7 Å². The van der Waals surface area contributed by atoms with Gasteiger partial charge in [-0.3, -0.25) is 24.5 Å². The third kappa shape index (κ3) is 13.8. The molecule has 3 aromatic rings. The van der Waals surface area contributed by atoms with Gasteiger partial charge >= 0.3 is 12.3 Å². The van der Waals surface area contributed by atoms with Crippen molar-refractivity contribution in [2.75, 3.05) is 13.7 Å². The SMILES string of the molecule is COc1ccc2c(O[C@@H]3C[C@@H](C(N)=O)N(C(=O)[C@@H](NNC(=O)O[C@H](C)C(F)(F)F)[C@H](C)C[C@H](C)CC/C=C\[C@@H]4CCCC4C(=O)NS(=O)(=O)C4CC4)C3)nc(-c3ccc(OC(C)C)c(F)c3)cc2c1. The number of likely N-dealkylation sites (tertiary alicyclic amines) is 1. The van der Waals surface area contributed by atoms with E-state index in [1.165, 1.54) is 24.1 Å². The van der Waals surface area contributed by atoms with Crippen LogP contribution in [0.25, 0.3) is 22.0 Å². The number of ether oxygens (including phenoxy) is 4. The number of hydrazine groups is 1. The molecule has 1 unspecified atom stereocenters. The van der Waals surface area contributed by atoms with Crippen molar-refractivity contribution in [2.24, 2.45) is 29.4 Å². The minimum Gasteiger partial charge on any atom is -0.497 e. The molecule has 5 N–H and O–H groups in total. The fraction of sp³-hybridized carbons (Fsp3) is 0.562. The van der Waals surface area contributed by atoms with E-state index < -0.39 is 87.2 Å². The third-order valence-electron chi connectivity index (χ3n) is 12.8. The van der Waals surface area contributed by atoms with Crippen LogP contribution >= 0.6 is 0 Å². The topological polar surface area (TPSA) is 218 Å². The molecular formula is C48H62F4N6O10S. The highest BCUT2D eigenvalue weighted by atomic mass is 32.2. The van der Waals surface area contributed by atoms with Gasteiger partial charge in [0, 0.05) is 23.3 Å². The predicted octanol–water partition coefficient (Wildman–Crippen LogP) is 7.24. The molecule has 1 saturated heterocycles. The summed E-state index contributed by atoms with van der Waals surface area (Å²) in [5.74, 6) is -3.15. The largest absolute Gasteiger partial charge is 0.497 e. The Morgan fingerprint density at radius 2 is 1.74 bits per heavy atom. The first-order chi connectivity index (χ1) is 32.5. The predicted molar refractivity (Wildman–Crippen MR) is 247 cm³/mol. The number of rotatable bonds is 21. The molecule has 69 heavy (non-hydrogen) atoms. The lowest BCUT2D eigenvalue weighted by atomic mass is 9.88. The maximum Gasteiger partial charge on any atom is 0.425 e. The molecule has 2 saturated carbocycles. The molecule has 378 valence electrons. The number of benzene rings is 2. The van der Waals surface area contributed by atoms with Crippen molar-refractivity contribution >= 4 is 44.6 Å². The van der Waals surface area contributed by atoms with Crippen LogP contribution < -0.4 is 35.5 Å². The highest BCUT2D eigenvalue weighted by Crippen LogP contribution is 2.37. The number of halogens is 4. The summed E-state index contributed by atoms with van der Waals surface area (Å²) in [6.07, 6.45) is -1.31. The van der Waals surface area contributed by atoms with Crippen molar-refractivity contribution in [1.29, 1.82) is 0 Å². The van der Waals surface area contributed by atoms with Crippen LogP contribution in [0.2, 0.25) is 0 Å². The average molecular weight is 991 g/mol. The minimum atomic E-state index is -4.85. The zero-order valence-corrected chi connectivity index (χ0v) is 40.3. The fourth-order valence-corrected chi connectivity index (χ4v) is 10.3. The van der Waals surface area contributed by atoms with Gasteiger partial charge in [0.25, 0.3) is 0 Å².